The van der Waals surface area contributed by atoms with Crippen molar-refractivity contribution in [1.29, 1.82) is 0 Å². The summed E-state index contributed by atoms with van der Waals surface area (Å²) in [5, 5.41) is 0. The monoisotopic (exact) mass is 481 g/mol. The van der Waals surface area contributed by atoms with Gasteiger partial charge in [0.05, 0.1) is 22.8 Å². The molecule has 0 aliphatic heterocycles. The van der Waals surface area contributed by atoms with Gasteiger partial charge >= 0.3 is 0 Å². The van der Waals surface area contributed by atoms with Crippen molar-refractivity contribution in [1.82, 2.24) is 4.98 Å². The van der Waals surface area contributed by atoms with Gasteiger partial charge in [-0.1, -0.05) is 77.9 Å². The van der Waals surface area contributed by atoms with Crippen molar-refractivity contribution in [2.24, 2.45) is 9.98 Å². The Bertz CT molecular complexity index is 1070. The molecule has 0 bridgehead atoms. The number of benzene rings is 2. The fourth-order valence-corrected chi connectivity index (χ4v) is 3.87. The standard InChI is InChI=1S/C29H35N3.Fe/c1-20(31-25-17-11-9-15-23(25)28(3,4)5)22-14-13-19-30-27(22)21(2)32-26-18-12-10-16-24(26)29(6,7)8;/h9-19H,1-8H3;. The Morgan fingerprint density at radius 1 is 0.636 bits per heavy atom. The van der Waals surface area contributed by atoms with Crippen LogP contribution in [-0.2, 0) is 27.9 Å². The molecule has 3 rings (SSSR count). The van der Waals surface area contributed by atoms with E-state index in [0.29, 0.717) is 0 Å². The Labute approximate surface area is 210 Å². The molecule has 33 heavy (non-hydrogen) atoms. The molecule has 0 amide bonds. The first-order chi connectivity index (χ1) is 15.0. The van der Waals surface area contributed by atoms with Gasteiger partial charge < -0.3 is 0 Å². The van der Waals surface area contributed by atoms with E-state index in [1.807, 2.05) is 31.3 Å². The summed E-state index contributed by atoms with van der Waals surface area (Å²) in [5.74, 6) is 0. The molecular formula is C29H35FeN3. The smallest absolute Gasteiger partial charge is 0.0932 e. The number of aromatic nitrogens is 1. The second kappa shape index (κ2) is 10.6. The van der Waals surface area contributed by atoms with Crippen molar-refractivity contribution in [2.75, 3.05) is 0 Å². The molecule has 0 aliphatic carbocycles. The number of rotatable bonds is 4. The Kier molecular flexibility index (Phi) is 8.57. The second-order valence-corrected chi connectivity index (χ2v) is 10.3. The molecule has 0 aliphatic rings. The quantitative estimate of drug-likeness (QED) is 0.275. The van der Waals surface area contributed by atoms with E-state index in [1.54, 1.807) is 0 Å². The van der Waals surface area contributed by atoms with Gasteiger partial charge in [-0.15, -0.1) is 0 Å². The Hall–Kier alpha value is -2.55. The van der Waals surface area contributed by atoms with Crippen molar-refractivity contribution >= 4 is 22.8 Å². The van der Waals surface area contributed by atoms with E-state index < -0.39 is 0 Å². The van der Waals surface area contributed by atoms with E-state index in [2.05, 4.69) is 95.9 Å². The van der Waals surface area contributed by atoms with Crippen molar-refractivity contribution in [3.05, 3.63) is 89.2 Å². The molecule has 3 nitrogen and oxygen atoms in total. The summed E-state index contributed by atoms with van der Waals surface area (Å²) in [6.45, 7) is 17.4. The summed E-state index contributed by atoms with van der Waals surface area (Å²) in [6.07, 6.45) is 1.82. The van der Waals surface area contributed by atoms with Crippen LogP contribution >= 0.6 is 0 Å². The summed E-state index contributed by atoms with van der Waals surface area (Å²) in [4.78, 5) is 14.7. The van der Waals surface area contributed by atoms with Crippen LogP contribution in [0.5, 0.6) is 0 Å². The third-order valence-corrected chi connectivity index (χ3v) is 5.54. The van der Waals surface area contributed by atoms with Crippen LogP contribution in [0.1, 0.15) is 77.8 Å². The Balaban J connectivity index is 0.00000385. The number of para-hydroxylation sites is 2. The van der Waals surface area contributed by atoms with E-state index in [1.165, 1.54) is 11.1 Å². The topological polar surface area (TPSA) is 37.6 Å². The molecular weight excluding hydrogens is 446 g/mol. The molecule has 3 aromatic rings. The Morgan fingerprint density at radius 2 is 1.09 bits per heavy atom. The SMILES string of the molecule is CC(=Nc1ccccc1C(C)(C)C)c1cccnc1C(C)=Nc1ccccc1C(C)(C)C.[Fe]. The van der Waals surface area contributed by atoms with E-state index in [4.69, 9.17) is 9.98 Å². The molecule has 0 spiro atoms. The van der Waals surface area contributed by atoms with Gasteiger partial charge in [0.1, 0.15) is 0 Å². The van der Waals surface area contributed by atoms with E-state index in [9.17, 15) is 0 Å². The molecule has 0 fully saturated rings. The molecule has 1 heterocycles. The first-order valence-corrected chi connectivity index (χ1v) is 11.2. The number of aliphatic imine (C=N–C) groups is 2. The van der Waals surface area contributed by atoms with Crippen LogP contribution in [0.15, 0.2) is 76.8 Å². The van der Waals surface area contributed by atoms with E-state index >= 15 is 0 Å². The molecule has 0 saturated carbocycles. The van der Waals surface area contributed by atoms with Crippen molar-refractivity contribution in [3.63, 3.8) is 0 Å². The first-order valence-electron chi connectivity index (χ1n) is 11.2. The molecule has 0 radical (unpaired) electrons. The van der Waals surface area contributed by atoms with Gasteiger partial charge in [-0.25, -0.2) is 0 Å². The molecule has 4 heteroatoms. The minimum atomic E-state index is 0. The van der Waals surface area contributed by atoms with Gasteiger partial charge in [-0.2, -0.15) is 0 Å². The minimum absolute atomic E-state index is 0. The summed E-state index contributed by atoms with van der Waals surface area (Å²) in [6, 6.07) is 20.7. The van der Waals surface area contributed by atoms with Gasteiger partial charge in [-0.05, 0) is 60.1 Å². The van der Waals surface area contributed by atoms with Crippen molar-refractivity contribution in [2.45, 2.75) is 66.2 Å². The predicted octanol–water partition coefficient (Wildman–Crippen LogP) is 7.96. The summed E-state index contributed by atoms with van der Waals surface area (Å²) in [7, 11) is 0. The minimum Gasteiger partial charge on any atom is -0.254 e. The maximum atomic E-state index is 5.02. The fraction of sp³-hybridized carbons (Fsp3) is 0.345. The summed E-state index contributed by atoms with van der Waals surface area (Å²) < 4.78 is 0. The zero-order chi connectivity index (χ0) is 23.5. The maximum absolute atomic E-state index is 5.02. The third-order valence-electron chi connectivity index (χ3n) is 5.54. The van der Waals surface area contributed by atoms with Crippen LogP contribution in [0.25, 0.3) is 0 Å². The van der Waals surface area contributed by atoms with Crippen LogP contribution in [0.3, 0.4) is 0 Å². The second-order valence-electron chi connectivity index (χ2n) is 10.3. The molecule has 1 aromatic heterocycles. The normalized spacial score (nSPS) is 13.0. The van der Waals surface area contributed by atoms with Crippen LogP contribution in [-0.4, -0.2) is 16.4 Å². The van der Waals surface area contributed by atoms with Gasteiger partial charge in [0.25, 0.3) is 0 Å². The molecule has 0 unspecified atom stereocenters. The number of hydrogen-bond acceptors (Lipinski definition) is 3. The molecule has 0 saturated heterocycles. The van der Waals surface area contributed by atoms with Crippen LogP contribution in [0.4, 0.5) is 11.4 Å². The van der Waals surface area contributed by atoms with Gasteiger partial charge in [0.2, 0.25) is 0 Å². The van der Waals surface area contributed by atoms with Gasteiger partial charge in [0, 0.05) is 34.5 Å². The molecule has 2 aromatic carbocycles. The number of pyridine rings is 1. The average molecular weight is 481 g/mol. The Morgan fingerprint density at radius 3 is 1.58 bits per heavy atom. The maximum Gasteiger partial charge on any atom is 0.0932 e. The van der Waals surface area contributed by atoms with Crippen LogP contribution in [0.2, 0.25) is 0 Å². The van der Waals surface area contributed by atoms with Gasteiger partial charge in [0.15, 0.2) is 0 Å². The van der Waals surface area contributed by atoms with E-state index in [0.717, 1.165) is 34.1 Å². The zero-order valence-corrected chi connectivity index (χ0v) is 22.2. The molecule has 174 valence electrons. The third kappa shape index (κ3) is 6.50. The first kappa shape index (κ1) is 26.7. The molecule has 0 atom stereocenters. The summed E-state index contributed by atoms with van der Waals surface area (Å²) in [5.41, 5.74) is 8.17. The van der Waals surface area contributed by atoms with Crippen LogP contribution < -0.4 is 0 Å². The number of nitrogens with zero attached hydrogens (tertiary/aromatic N) is 3. The zero-order valence-electron chi connectivity index (χ0n) is 21.0. The predicted molar refractivity (Wildman–Crippen MR) is 138 cm³/mol. The largest absolute Gasteiger partial charge is 0.254 e. The molecule has 0 N–H and O–H groups in total. The van der Waals surface area contributed by atoms with Crippen molar-refractivity contribution < 1.29 is 17.1 Å². The van der Waals surface area contributed by atoms with E-state index in [-0.39, 0.29) is 27.9 Å². The van der Waals surface area contributed by atoms with Gasteiger partial charge in [-0.3, -0.25) is 15.0 Å². The van der Waals surface area contributed by atoms with Crippen molar-refractivity contribution in [3.8, 4) is 0 Å². The summed E-state index contributed by atoms with van der Waals surface area (Å²) >= 11 is 0. The average Bonchev–Trinajstić information content (AvgIpc) is 2.73. The fourth-order valence-electron chi connectivity index (χ4n) is 3.87. The van der Waals surface area contributed by atoms with Crippen LogP contribution in [0, 0.1) is 0 Å². The number of hydrogen-bond donors (Lipinski definition) is 0.